The van der Waals surface area contributed by atoms with Gasteiger partial charge in [0, 0.05) is 26.1 Å². The van der Waals surface area contributed by atoms with Crippen LogP contribution in [0.15, 0.2) is 0 Å². The monoisotopic (exact) mass is 448 g/mol. The van der Waals surface area contributed by atoms with E-state index >= 15 is 0 Å². The van der Waals surface area contributed by atoms with E-state index in [1.807, 2.05) is 0 Å². The molecule has 0 saturated carbocycles. The number of aliphatic hydroxyl groups excluding tert-OH is 2. The molecule has 22 heavy (non-hydrogen) atoms. The largest absolute Gasteiger partial charge is 1.00 e. The third kappa shape index (κ3) is 17.2. The predicted molar refractivity (Wildman–Crippen MR) is 85.6 cm³/mol. The lowest BCUT2D eigenvalue weighted by molar-refractivity contribution is -0.891. The van der Waals surface area contributed by atoms with E-state index in [-0.39, 0.29) is 34.0 Å². The van der Waals surface area contributed by atoms with Crippen molar-refractivity contribution in [1.82, 2.24) is 0 Å². The molecule has 0 aliphatic rings. The van der Waals surface area contributed by atoms with Crippen molar-refractivity contribution in [1.29, 1.82) is 0 Å². The first-order valence-corrected chi connectivity index (χ1v) is 8.19. The van der Waals surface area contributed by atoms with E-state index in [4.69, 9.17) is 10.2 Å². The Balaban J connectivity index is -0.00000180. The molecule has 0 aliphatic heterocycles. The number of nitrogens with zero attached hydrogens (tertiary/aromatic N) is 2. The Kier molecular flexibility index (Phi) is 19.3. The van der Waals surface area contributed by atoms with Crippen LogP contribution in [-0.4, -0.2) is 86.8 Å². The average molecular weight is 450 g/mol. The second-order valence-electron chi connectivity index (χ2n) is 7.33. The van der Waals surface area contributed by atoms with Crippen molar-refractivity contribution < 1.29 is 53.1 Å². The number of hydrogen-bond acceptors (Lipinski definition) is 2. The zero-order valence-corrected chi connectivity index (χ0v) is 18.2. The van der Waals surface area contributed by atoms with Gasteiger partial charge in [-0.1, -0.05) is 0 Å². The number of quaternary nitrogens is 2. The van der Waals surface area contributed by atoms with Crippen LogP contribution in [0.2, 0.25) is 0 Å². The highest BCUT2D eigenvalue weighted by atomic mass is 79.9. The van der Waals surface area contributed by atoms with Crippen molar-refractivity contribution in [2.24, 2.45) is 0 Å². The van der Waals surface area contributed by atoms with E-state index in [1.165, 1.54) is 38.8 Å². The number of unbranched alkanes of at least 4 members (excludes halogenated alkanes) is 3. The summed E-state index contributed by atoms with van der Waals surface area (Å²) in [6.45, 7) is 5.18. The fraction of sp³-hybridized carbons (Fsp3) is 1.00. The summed E-state index contributed by atoms with van der Waals surface area (Å²) in [6, 6.07) is 0. The molecule has 6 heteroatoms. The van der Waals surface area contributed by atoms with Gasteiger partial charge in [0.15, 0.2) is 0 Å². The molecule has 2 N–H and O–H groups in total. The Bertz CT molecular complexity index is 216. The zero-order chi connectivity index (χ0) is 15.5. The van der Waals surface area contributed by atoms with Gasteiger partial charge in [-0.05, 0) is 25.7 Å². The van der Waals surface area contributed by atoms with E-state index in [2.05, 4.69) is 28.2 Å². The summed E-state index contributed by atoms with van der Waals surface area (Å²) in [5, 5.41) is 17.8. The summed E-state index contributed by atoms with van der Waals surface area (Å²) in [5.41, 5.74) is 0. The third-order valence-corrected chi connectivity index (χ3v) is 4.12. The van der Waals surface area contributed by atoms with Crippen LogP contribution in [0, 0.1) is 0 Å². The van der Waals surface area contributed by atoms with Crippen LogP contribution in [0.5, 0.6) is 0 Å². The van der Waals surface area contributed by atoms with Gasteiger partial charge in [-0.3, -0.25) is 0 Å². The maximum absolute atomic E-state index is 8.88. The Hall–Kier alpha value is 0.800. The molecule has 138 valence electrons. The van der Waals surface area contributed by atoms with Crippen molar-refractivity contribution in [3.8, 4) is 0 Å². The normalized spacial score (nSPS) is 11.7. The van der Waals surface area contributed by atoms with E-state index in [0.29, 0.717) is 13.2 Å². The first-order chi connectivity index (χ1) is 9.33. The minimum absolute atomic E-state index is 0. The summed E-state index contributed by atoms with van der Waals surface area (Å²) in [7, 11) is 9.02. The lowest BCUT2D eigenvalue weighted by Gasteiger charge is -2.30. The molecule has 0 atom stereocenters. The number of hydrogen-bond donors (Lipinski definition) is 2. The first-order valence-electron chi connectivity index (χ1n) is 8.19. The van der Waals surface area contributed by atoms with Gasteiger partial charge < -0.3 is 53.1 Å². The van der Waals surface area contributed by atoms with Crippen molar-refractivity contribution in [2.75, 3.05) is 67.6 Å². The molecular weight excluding hydrogens is 412 g/mol. The molecule has 0 unspecified atom stereocenters. The second kappa shape index (κ2) is 15.3. The van der Waals surface area contributed by atoms with E-state index in [9.17, 15) is 0 Å². The lowest BCUT2D eigenvalue weighted by Crippen LogP contribution is -3.00. The van der Waals surface area contributed by atoms with Crippen LogP contribution < -0.4 is 34.0 Å². The molecular formula is C16H38Br2N2O2. The fourth-order valence-corrected chi connectivity index (χ4v) is 2.65. The molecule has 0 amide bonds. The van der Waals surface area contributed by atoms with Crippen LogP contribution in [0.4, 0.5) is 0 Å². The van der Waals surface area contributed by atoms with Gasteiger partial charge in [0.25, 0.3) is 0 Å². The van der Waals surface area contributed by atoms with Crippen molar-refractivity contribution in [3.63, 3.8) is 0 Å². The second-order valence-corrected chi connectivity index (χ2v) is 7.33. The highest BCUT2D eigenvalue weighted by molar-refractivity contribution is 4.45. The highest BCUT2D eigenvalue weighted by Gasteiger charge is 2.15. The van der Waals surface area contributed by atoms with Gasteiger partial charge >= 0.3 is 0 Å². The quantitative estimate of drug-likeness (QED) is 0.220. The molecule has 0 radical (unpaired) electrons. The van der Waals surface area contributed by atoms with Gasteiger partial charge in [0.2, 0.25) is 0 Å². The molecule has 0 heterocycles. The van der Waals surface area contributed by atoms with Crippen molar-refractivity contribution in [2.45, 2.75) is 38.5 Å². The summed E-state index contributed by atoms with van der Waals surface area (Å²) in [6.07, 6.45) is 6.99. The van der Waals surface area contributed by atoms with Gasteiger partial charge in [-0.25, -0.2) is 0 Å². The van der Waals surface area contributed by atoms with E-state index in [1.54, 1.807) is 0 Å². The summed E-state index contributed by atoms with van der Waals surface area (Å²) in [4.78, 5) is 0. The highest BCUT2D eigenvalue weighted by Crippen LogP contribution is 2.09. The van der Waals surface area contributed by atoms with Crippen molar-refractivity contribution in [3.05, 3.63) is 0 Å². The fourth-order valence-electron chi connectivity index (χ4n) is 2.65. The molecule has 0 spiro atoms. The molecule has 0 aromatic carbocycles. The van der Waals surface area contributed by atoms with Gasteiger partial charge in [0.05, 0.1) is 54.4 Å². The van der Waals surface area contributed by atoms with Gasteiger partial charge in [-0.15, -0.1) is 0 Å². The van der Waals surface area contributed by atoms with E-state index < -0.39 is 0 Å². The van der Waals surface area contributed by atoms with Crippen LogP contribution in [0.1, 0.15) is 38.5 Å². The minimum atomic E-state index is 0. The van der Waals surface area contributed by atoms with Gasteiger partial charge in [-0.2, -0.15) is 0 Å². The number of halogens is 2. The molecule has 0 aromatic heterocycles. The van der Waals surface area contributed by atoms with Crippen molar-refractivity contribution >= 4 is 0 Å². The summed E-state index contributed by atoms with van der Waals surface area (Å²) in [5.74, 6) is 0. The molecule has 0 bridgehead atoms. The Morgan fingerprint density at radius 1 is 0.500 bits per heavy atom. The van der Waals surface area contributed by atoms with Crippen LogP contribution in [0.3, 0.4) is 0 Å². The van der Waals surface area contributed by atoms with Gasteiger partial charge in [0.1, 0.15) is 0 Å². The standard InChI is InChI=1S/C16H38N2O2.2BrH/c1-17(2,13-9-15-19)11-7-5-6-8-12-18(3,4)14-10-16-20;;/h19-20H,5-16H2,1-4H3;2*1H/q+2;;/p-2. The van der Waals surface area contributed by atoms with Crippen LogP contribution in [0.25, 0.3) is 0 Å². The maximum atomic E-state index is 8.88. The molecule has 0 fully saturated rings. The SMILES string of the molecule is C[N+](C)(CCCO)CCCCCC[N+](C)(C)CCCO.[Br-].[Br-]. The summed E-state index contributed by atoms with van der Waals surface area (Å²) >= 11 is 0. The Morgan fingerprint density at radius 2 is 0.773 bits per heavy atom. The number of aliphatic hydroxyl groups is 2. The van der Waals surface area contributed by atoms with Crippen LogP contribution >= 0.6 is 0 Å². The lowest BCUT2D eigenvalue weighted by atomic mass is 10.1. The predicted octanol–water partition coefficient (Wildman–Crippen LogP) is -4.53. The zero-order valence-electron chi connectivity index (χ0n) is 15.0. The van der Waals surface area contributed by atoms with Crippen LogP contribution in [-0.2, 0) is 0 Å². The molecule has 0 aromatic rings. The summed E-state index contributed by atoms with van der Waals surface area (Å²) < 4.78 is 2.05. The molecule has 0 rings (SSSR count). The van der Waals surface area contributed by atoms with E-state index in [0.717, 1.165) is 34.9 Å². The maximum Gasteiger partial charge on any atom is 0.0804 e. The molecule has 0 saturated heterocycles. The minimum Gasteiger partial charge on any atom is -1.00 e. The first kappa shape index (κ1) is 27.6. The number of rotatable bonds is 13. The average Bonchev–Trinajstić information content (AvgIpc) is 2.38. The Morgan fingerprint density at radius 3 is 1.05 bits per heavy atom. The topological polar surface area (TPSA) is 40.5 Å². The third-order valence-electron chi connectivity index (χ3n) is 4.12. The Labute approximate surface area is 159 Å². The molecule has 4 nitrogen and oxygen atoms in total. The molecule has 0 aliphatic carbocycles. The smallest absolute Gasteiger partial charge is 0.0804 e.